The van der Waals surface area contributed by atoms with Crippen LogP contribution in [0.5, 0.6) is 0 Å². The maximum absolute atomic E-state index is 12.3. The lowest BCUT2D eigenvalue weighted by Crippen LogP contribution is -2.28. The van der Waals surface area contributed by atoms with Gasteiger partial charge in [-0.25, -0.2) is 4.98 Å². The van der Waals surface area contributed by atoms with Gasteiger partial charge in [-0.3, -0.25) is 4.79 Å². The lowest BCUT2D eigenvalue weighted by molar-refractivity contribution is 0.0794. The molecule has 1 amide bonds. The third-order valence-electron chi connectivity index (χ3n) is 3.28. The number of hydrogen-bond donors (Lipinski definition) is 1. The summed E-state index contributed by atoms with van der Waals surface area (Å²) in [4.78, 5) is 17.8. The molecule has 0 unspecified atom stereocenters. The van der Waals surface area contributed by atoms with E-state index in [0.29, 0.717) is 17.8 Å². The number of hydrogen-bond acceptors (Lipinski definition) is 3. The molecule has 4 nitrogen and oxygen atoms in total. The second-order valence-corrected chi connectivity index (χ2v) is 5.30. The van der Waals surface area contributed by atoms with E-state index in [1.165, 1.54) is 17.8 Å². The summed E-state index contributed by atoms with van der Waals surface area (Å²) >= 11 is 5.81. The predicted molar refractivity (Wildman–Crippen MR) is 85.4 cm³/mol. The number of pyridine rings is 1. The van der Waals surface area contributed by atoms with E-state index in [-0.39, 0.29) is 11.1 Å². The van der Waals surface area contributed by atoms with Gasteiger partial charge in [0.05, 0.1) is 17.4 Å². The van der Waals surface area contributed by atoms with Crippen molar-refractivity contribution in [1.29, 1.82) is 0 Å². The molecule has 21 heavy (non-hydrogen) atoms. The Morgan fingerprint density at radius 2 is 2.05 bits per heavy atom. The second kappa shape index (κ2) is 7.09. The van der Waals surface area contributed by atoms with Gasteiger partial charge < -0.3 is 10.6 Å². The number of nitrogens with zero attached hydrogens (tertiary/aromatic N) is 2. The van der Waals surface area contributed by atoms with Gasteiger partial charge in [0.25, 0.3) is 5.91 Å². The van der Waals surface area contributed by atoms with Crippen LogP contribution in [-0.2, 0) is 6.42 Å². The van der Waals surface area contributed by atoms with Gasteiger partial charge in [-0.1, -0.05) is 41.9 Å². The summed E-state index contributed by atoms with van der Waals surface area (Å²) in [7, 11) is 1.76. The largest absolute Gasteiger partial charge is 0.397 e. The third-order valence-corrected chi connectivity index (χ3v) is 3.49. The number of anilines is 1. The molecule has 0 saturated carbocycles. The average Bonchev–Trinajstić information content (AvgIpc) is 2.50. The number of nitrogen functional groups attached to an aromatic ring is 1. The van der Waals surface area contributed by atoms with Crippen molar-refractivity contribution in [1.82, 2.24) is 9.88 Å². The van der Waals surface area contributed by atoms with Gasteiger partial charge in [-0.2, -0.15) is 0 Å². The summed E-state index contributed by atoms with van der Waals surface area (Å²) in [5.74, 6) is -0.134. The SMILES string of the molecule is CN(CCCc1ccccc1)C(=O)c1cc(Cl)ncc1N. The summed E-state index contributed by atoms with van der Waals surface area (Å²) in [6.07, 6.45) is 3.24. The average molecular weight is 304 g/mol. The zero-order chi connectivity index (χ0) is 15.2. The van der Waals surface area contributed by atoms with Crippen molar-refractivity contribution in [2.45, 2.75) is 12.8 Å². The number of carbonyl (C=O) groups excluding carboxylic acids is 1. The molecule has 0 aliphatic heterocycles. The van der Waals surface area contributed by atoms with Crippen LogP contribution < -0.4 is 5.73 Å². The number of aromatic nitrogens is 1. The minimum Gasteiger partial charge on any atom is -0.397 e. The van der Waals surface area contributed by atoms with Crippen LogP contribution in [0.3, 0.4) is 0 Å². The van der Waals surface area contributed by atoms with Crippen LogP contribution in [0.25, 0.3) is 0 Å². The van der Waals surface area contributed by atoms with Crippen molar-refractivity contribution < 1.29 is 4.79 Å². The van der Waals surface area contributed by atoms with Crippen molar-refractivity contribution in [2.24, 2.45) is 0 Å². The number of rotatable bonds is 5. The Kier molecular flexibility index (Phi) is 5.17. The zero-order valence-corrected chi connectivity index (χ0v) is 12.7. The topological polar surface area (TPSA) is 59.2 Å². The number of carbonyl (C=O) groups is 1. The molecule has 2 rings (SSSR count). The lowest BCUT2D eigenvalue weighted by Gasteiger charge is -2.18. The summed E-state index contributed by atoms with van der Waals surface area (Å²) in [5.41, 5.74) is 7.79. The van der Waals surface area contributed by atoms with Crippen LogP contribution in [0.15, 0.2) is 42.6 Å². The van der Waals surface area contributed by atoms with Crippen LogP contribution >= 0.6 is 11.6 Å². The molecule has 1 aromatic heterocycles. The highest BCUT2D eigenvalue weighted by molar-refractivity contribution is 6.29. The van der Waals surface area contributed by atoms with E-state index in [2.05, 4.69) is 17.1 Å². The highest BCUT2D eigenvalue weighted by Gasteiger charge is 2.15. The first-order valence-electron chi connectivity index (χ1n) is 6.78. The molecule has 0 aliphatic rings. The van der Waals surface area contributed by atoms with Crippen LogP contribution in [0.2, 0.25) is 5.15 Å². The minimum absolute atomic E-state index is 0.134. The van der Waals surface area contributed by atoms with Gasteiger partial charge in [-0.15, -0.1) is 0 Å². The first-order chi connectivity index (χ1) is 10.1. The number of amides is 1. The van der Waals surface area contributed by atoms with Gasteiger partial charge in [0.15, 0.2) is 0 Å². The molecule has 0 saturated heterocycles. The Morgan fingerprint density at radius 1 is 1.33 bits per heavy atom. The number of benzene rings is 1. The molecular weight excluding hydrogens is 286 g/mol. The fourth-order valence-electron chi connectivity index (χ4n) is 2.10. The summed E-state index contributed by atoms with van der Waals surface area (Å²) in [5, 5.41) is 0.269. The van der Waals surface area contributed by atoms with E-state index in [1.807, 2.05) is 18.2 Å². The second-order valence-electron chi connectivity index (χ2n) is 4.91. The van der Waals surface area contributed by atoms with Crippen LogP contribution in [-0.4, -0.2) is 29.4 Å². The lowest BCUT2D eigenvalue weighted by atomic mass is 10.1. The smallest absolute Gasteiger partial charge is 0.255 e. The molecule has 1 heterocycles. The standard InChI is InChI=1S/C16H18ClN3O/c1-20(9-5-8-12-6-3-2-4-7-12)16(21)13-10-15(17)19-11-14(13)18/h2-4,6-7,10-11H,5,8-9,18H2,1H3. The first-order valence-corrected chi connectivity index (χ1v) is 7.16. The first kappa shape index (κ1) is 15.3. The van der Waals surface area contributed by atoms with E-state index >= 15 is 0 Å². The molecule has 110 valence electrons. The molecule has 1 aromatic carbocycles. The normalized spacial score (nSPS) is 10.4. The molecule has 2 N–H and O–H groups in total. The van der Waals surface area contributed by atoms with Crippen molar-refractivity contribution in [3.63, 3.8) is 0 Å². The fourth-order valence-corrected chi connectivity index (χ4v) is 2.26. The molecule has 2 aromatic rings. The monoisotopic (exact) mass is 303 g/mol. The van der Waals surface area contributed by atoms with E-state index in [4.69, 9.17) is 17.3 Å². The molecule has 0 bridgehead atoms. The number of aryl methyl sites for hydroxylation is 1. The van der Waals surface area contributed by atoms with Crippen LogP contribution in [0, 0.1) is 0 Å². The highest BCUT2D eigenvalue weighted by atomic mass is 35.5. The highest BCUT2D eigenvalue weighted by Crippen LogP contribution is 2.17. The Labute approximate surface area is 129 Å². The molecule has 0 radical (unpaired) electrons. The third kappa shape index (κ3) is 4.20. The van der Waals surface area contributed by atoms with Crippen molar-refractivity contribution in [3.8, 4) is 0 Å². The van der Waals surface area contributed by atoms with Gasteiger partial charge in [0, 0.05) is 13.6 Å². The van der Waals surface area contributed by atoms with Gasteiger partial charge >= 0.3 is 0 Å². The fraction of sp³-hybridized carbons (Fsp3) is 0.250. The van der Waals surface area contributed by atoms with Crippen molar-refractivity contribution >= 4 is 23.2 Å². The Bertz CT molecular complexity index is 616. The van der Waals surface area contributed by atoms with Gasteiger partial charge in [0.2, 0.25) is 0 Å². The van der Waals surface area contributed by atoms with E-state index < -0.39 is 0 Å². The Balaban J connectivity index is 1.92. The summed E-state index contributed by atoms with van der Waals surface area (Å²) < 4.78 is 0. The van der Waals surface area contributed by atoms with Crippen molar-refractivity contribution in [3.05, 3.63) is 58.9 Å². The molecular formula is C16H18ClN3O. The molecule has 5 heteroatoms. The Hall–Kier alpha value is -2.07. The van der Waals surface area contributed by atoms with Crippen LogP contribution in [0.1, 0.15) is 22.3 Å². The quantitative estimate of drug-likeness (QED) is 0.864. The minimum atomic E-state index is -0.134. The van der Waals surface area contributed by atoms with E-state index in [0.717, 1.165) is 12.8 Å². The zero-order valence-electron chi connectivity index (χ0n) is 11.9. The van der Waals surface area contributed by atoms with Gasteiger partial charge in [0.1, 0.15) is 5.15 Å². The van der Waals surface area contributed by atoms with Gasteiger partial charge in [-0.05, 0) is 24.5 Å². The van der Waals surface area contributed by atoms with E-state index in [9.17, 15) is 4.79 Å². The number of halogens is 1. The Morgan fingerprint density at radius 3 is 2.76 bits per heavy atom. The summed E-state index contributed by atoms with van der Waals surface area (Å²) in [6.45, 7) is 0.660. The van der Waals surface area contributed by atoms with E-state index in [1.54, 1.807) is 11.9 Å². The molecule has 0 fully saturated rings. The maximum atomic E-state index is 12.3. The van der Waals surface area contributed by atoms with Crippen molar-refractivity contribution in [2.75, 3.05) is 19.3 Å². The van der Waals surface area contributed by atoms with Crippen LogP contribution in [0.4, 0.5) is 5.69 Å². The molecule has 0 aliphatic carbocycles. The molecule has 0 spiro atoms. The number of nitrogens with two attached hydrogens (primary N) is 1. The molecule has 0 atom stereocenters. The summed E-state index contributed by atoms with van der Waals surface area (Å²) in [6, 6.07) is 11.7. The maximum Gasteiger partial charge on any atom is 0.255 e. The predicted octanol–water partition coefficient (Wildman–Crippen LogP) is 3.02.